The highest BCUT2D eigenvalue weighted by atomic mass is 16.5. The maximum atomic E-state index is 11.4. The molecule has 0 spiro atoms. The Bertz CT molecular complexity index is 266. The molecule has 0 amide bonds. The van der Waals surface area contributed by atoms with Crippen molar-refractivity contribution >= 4 is 5.97 Å². The molecule has 0 aromatic heterocycles. The minimum atomic E-state index is -0.0850. The predicted molar refractivity (Wildman–Crippen MR) is 62.2 cm³/mol. The van der Waals surface area contributed by atoms with Crippen molar-refractivity contribution in [1.82, 2.24) is 9.80 Å². The van der Waals surface area contributed by atoms with Gasteiger partial charge in [0.2, 0.25) is 0 Å². The third-order valence-electron chi connectivity index (χ3n) is 3.63. The first kappa shape index (κ1) is 11.9. The molecule has 0 radical (unpaired) electrons. The lowest BCUT2D eigenvalue weighted by Gasteiger charge is -2.44. The van der Waals surface area contributed by atoms with Crippen molar-refractivity contribution in [2.45, 2.75) is 44.3 Å². The number of ether oxygens (including phenoxy) is 1. The fourth-order valence-electron chi connectivity index (χ4n) is 2.91. The SMILES string of the molecule is COC(=O)CC1CN(C)CC(C)N1C1CC1. The van der Waals surface area contributed by atoms with Gasteiger partial charge < -0.3 is 9.64 Å². The molecule has 1 saturated heterocycles. The molecule has 0 aromatic rings. The van der Waals surface area contributed by atoms with Gasteiger partial charge in [-0.1, -0.05) is 0 Å². The lowest BCUT2D eigenvalue weighted by Crippen LogP contribution is -2.57. The number of carbonyl (C=O) groups is 1. The van der Waals surface area contributed by atoms with Gasteiger partial charge in [-0.05, 0) is 26.8 Å². The van der Waals surface area contributed by atoms with Crippen molar-refractivity contribution in [3.63, 3.8) is 0 Å². The third-order valence-corrected chi connectivity index (χ3v) is 3.63. The van der Waals surface area contributed by atoms with Crippen LogP contribution in [0.3, 0.4) is 0 Å². The van der Waals surface area contributed by atoms with E-state index < -0.39 is 0 Å². The summed E-state index contributed by atoms with van der Waals surface area (Å²) in [5.74, 6) is -0.0850. The number of carbonyl (C=O) groups excluding carboxylic acids is 1. The smallest absolute Gasteiger partial charge is 0.307 e. The Balaban J connectivity index is 2.01. The van der Waals surface area contributed by atoms with Gasteiger partial charge >= 0.3 is 5.97 Å². The second-order valence-corrected chi connectivity index (χ2v) is 5.18. The fourth-order valence-corrected chi connectivity index (χ4v) is 2.91. The predicted octanol–water partition coefficient (Wildman–Crippen LogP) is 0.716. The first-order valence-corrected chi connectivity index (χ1v) is 6.14. The van der Waals surface area contributed by atoms with Gasteiger partial charge in [-0.15, -0.1) is 0 Å². The van der Waals surface area contributed by atoms with E-state index in [4.69, 9.17) is 4.74 Å². The summed E-state index contributed by atoms with van der Waals surface area (Å²) in [6.45, 7) is 4.35. The summed E-state index contributed by atoms with van der Waals surface area (Å²) >= 11 is 0. The Labute approximate surface area is 97.5 Å². The largest absolute Gasteiger partial charge is 0.469 e. The molecule has 1 aliphatic heterocycles. The van der Waals surface area contributed by atoms with E-state index >= 15 is 0 Å². The lowest BCUT2D eigenvalue weighted by molar-refractivity contribution is -0.143. The fraction of sp³-hybridized carbons (Fsp3) is 0.917. The molecule has 4 nitrogen and oxygen atoms in total. The molecule has 2 unspecified atom stereocenters. The number of nitrogens with zero attached hydrogens (tertiary/aromatic N) is 2. The lowest BCUT2D eigenvalue weighted by atomic mass is 10.0. The van der Waals surface area contributed by atoms with Crippen LogP contribution in [0.25, 0.3) is 0 Å². The Morgan fingerprint density at radius 1 is 1.38 bits per heavy atom. The van der Waals surface area contributed by atoms with Gasteiger partial charge in [-0.3, -0.25) is 9.69 Å². The van der Waals surface area contributed by atoms with Crippen molar-refractivity contribution in [1.29, 1.82) is 0 Å². The Kier molecular flexibility index (Phi) is 3.50. The molecule has 92 valence electrons. The van der Waals surface area contributed by atoms with Gasteiger partial charge in [0.25, 0.3) is 0 Å². The molecular formula is C12H22N2O2. The summed E-state index contributed by atoms with van der Waals surface area (Å²) < 4.78 is 4.79. The van der Waals surface area contributed by atoms with E-state index in [1.165, 1.54) is 20.0 Å². The van der Waals surface area contributed by atoms with Crippen molar-refractivity contribution in [3.8, 4) is 0 Å². The zero-order valence-corrected chi connectivity index (χ0v) is 10.5. The minimum Gasteiger partial charge on any atom is -0.469 e. The Morgan fingerprint density at radius 3 is 2.62 bits per heavy atom. The highest BCUT2D eigenvalue weighted by molar-refractivity contribution is 5.70. The van der Waals surface area contributed by atoms with E-state index in [0.717, 1.165) is 19.1 Å². The minimum absolute atomic E-state index is 0.0850. The summed E-state index contributed by atoms with van der Waals surface area (Å²) in [5.41, 5.74) is 0. The zero-order chi connectivity index (χ0) is 11.7. The first-order chi connectivity index (χ1) is 7.61. The van der Waals surface area contributed by atoms with E-state index in [2.05, 4.69) is 23.8 Å². The van der Waals surface area contributed by atoms with Crippen LogP contribution in [0.2, 0.25) is 0 Å². The van der Waals surface area contributed by atoms with Gasteiger partial charge in [0.1, 0.15) is 0 Å². The molecule has 1 aliphatic carbocycles. The zero-order valence-electron chi connectivity index (χ0n) is 10.5. The van der Waals surface area contributed by atoms with Crippen LogP contribution in [0.4, 0.5) is 0 Å². The van der Waals surface area contributed by atoms with E-state index in [9.17, 15) is 4.79 Å². The monoisotopic (exact) mass is 226 g/mol. The number of hydrogen-bond acceptors (Lipinski definition) is 4. The molecule has 1 saturated carbocycles. The van der Waals surface area contributed by atoms with Crippen LogP contribution < -0.4 is 0 Å². The van der Waals surface area contributed by atoms with Crippen LogP contribution >= 0.6 is 0 Å². The molecule has 0 aromatic carbocycles. The van der Waals surface area contributed by atoms with Crippen LogP contribution in [0, 0.1) is 0 Å². The molecule has 2 aliphatic rings. The molecule has 4 heteroatoms. The quantitative estimate of drug-likeness (QED) is 0.664. The van der Waals surface area contributed by atoms with Gasteiger partial charge in [-0.2, -0.15) is 0 Å². The third kappa shape index (κ3) is 2.55. The molecule has 2 atom stereocenters. The number of methoxy groups -OCH3 is 1. The van der Waals surface area contributed by atoms with Crippen molar-refractivity contribution < 1.29 is 9.53 Å². The van der Waals surface area contributed by atoms with Crippen LogP contribution in [0.1, 0.15) is 26.2 Å². The van der Waals surface area contributed by atoms with Crippen LogP contribution in [0.15, 0.2) is 0 Å². The first-order valence-electron chi connectivity index (χ1n) is 6.14. The summed E-state index contributed by atoms with van der Waals surface area (Å²) in [7, 11) is 3.60. The van der Waals surface area contributed by atoms with Gasteiger partial charge in [0, 0.05) is 31.2 Å². The maximum absolute atomic E-state index is 11.4. The number of piperazine rings is 1. The molecule has 0 N–H and O–H groups in total. The summed E-state index contributed by atoms with van der Waals surface area (Å²) in [5, 5.41) is 0. The number of hydrogen-bond donors (Lipinski definition) is 0. The average Bonchev–Trinajstić information content (AvgIpc) is 3.00. The van der Waals surface area contributed by atoms with Gasteiger partial charge in [0.05, 0.1) is 13.5 Å². The maximum Gasteiger partial charge on any atom is 0.307 e. The summed E-state index contributed by atoms with van der Waals surface area (Å²) in [6.07, 6.45) is 3.12. The highest BCUT2D eigenvalue weighted by Gasteiger charge is 2.40. The molecule has 16 heavy (non-hydrogen) atoms. The van der Waals surface area contributed by atoms with Gasteiger partial charge in [-0.25, -0.2) is 0 Å². The summed E-state index contributed by atoms with van der Waals surface area (Å²) in [4.78, 5) is 16.3. The molecule has 2 rings (SSSR count). The normalized spacial score (nSPS) is 32.7. The van der Waals surface area contributed by atoms with Crippen molar-refractivity contribution in [2.24, 2.45) is 0 Å². The van der Waals surface area contributed by atoms with E-state index in [1.807, 2.05) is 0 Å². The number of esters is 1. The van der Waals surface area contributed by atoms with Crippen molar-refractivity contribution in [2.75, 3.05) is 27.2 Å². The molecular weight excluding hydrogens is 204 g/mol. The molecule has 2 fully saturated rings. The topological polar surface area (TPSA) is 32.8 Å². The Hall–Kier alpha value is -0.610. The second kappa shape index (κ2) is 4.72. The second-order valence-electron chi connectivity index (χ2n) is 5.18. The van der Waals surface area contributed by atoms with Gasteiger partial charge in [0.15, 0.2) is 0 Å². The van der Waals surface area contributed by atoms with Crippen LogP contribution in [-0.2, 0) is 9.53 Å². The standard InChI is InChI=1S/C12H22N2O2/c1-9-7-13(2)8-11(6-12(15)16-3)14(9)10-4-5-10/h9-11H,4-8H2,1-3H3. The van der Waals surface area contributed by atoms with Crippen molar-refractivity contribution in [3.05, 3.63) is 0 Å². The number of rotatable bonds is 3. The molecule has 1 heterocycles. The highest BCUT2D eigenvalue weighted by Crippen LogP contribution is 2.33. The number of likely N-dealkylation sites (N-methyl/N-ethyl adjacent to an activating group) is 1. The molecule has 0 bridgehead atoms. The average molecular weight is 226 g/mol. The van der Waals surface area contributed by atoms with E-state index in [-0.39, 0.29) is 5.97 Å². The van der Waals surface area contributed by atoms with Crippen LogP contribution in [0.5, 0.6) is 0 Å². The Morgan fingerprint density at radius 2 is 2.06 bits per heavy atom. The van der Waals surface area contributed by atoms with Crippen LogP contribution in [-0.4, -0.2) is 61.1 Å². The summed E-state index contributed by atoms with van der Waals surface area (Å²) in [6, 6.07) is 1.62. The van der Waals surface area contributed by atoms with E-state index in [1.54, 1.807) is 0 Å². The van der Waals surface area contributed by atoms with E-state index in [0.29, 0.717) is 18.5 Å².